The molecule has 1 N–H and O–H groups in total. The van der Waals surface area contributed by atoms with E-state index >= 15 is 0 Å². The third kappa shape index (κ3) is 1.63. The summed E-state index contributed by atoms with van der Waals surface area (Å²) >= 11 is 1.85. The first kappa shape index (κ1) is 11.0. The second-order valence-corrected chi connectivity index (χ2v) is 5.99. The molecule has 0 saturated heterocycles. The summed E-state index contributed by atoms with van der Waals surface area (Å²) < 4.78 is 0. The standard InChI is InChI=1S/C15H16OS/c1-9-8-12-13(14(9)16)10(2)15(17-12)11-6-4-3-5-7-11/h3-7,9,14,16H,8H2,1-2H3. The fourth-order valence-corrected chi connectivity index (χ4v) is 4.17. The van der Waals surface area contributed by atoms with E-state index in [1.54, 1.807) is 0 Å². The molecule has 0 fully saturated rings. The molecule has 1 aliphatic rings. The van der Waals surface area contributed by atoms with Crippen molar-refractivity contribution >= 4 is 11.3 Å². The Kier molecular flexibility index (Phi) is 2.57. The molecule has 2 atom stereocenters. The number of fused-ring (bicyclic) bond motifs is 1. The minimum atomic E-state index is -0.265. The van der Waals surface area contributed by atoms with Crippen LogP contribution >= 0.6 is 11.3 Å². The van der Waals surface area contributed by atoms with Crippen molar-refractivity contribution in [3.8, 4) is 10.4 Å². The Morgan fingerprint density at radius 2 is 1.94 bits per heavy atom. The van der Waals surface area contributed by atoms with Crippen molar-refractivity contribution in [3.05, 3.63) is 46.3 Å². The van der Waals surface area contributed by atoms with Gasteiger partial charge in [-0.1, -0.05) is 37.3 Å². The van der Waals surface area contributed by atoms with Gasteiger partial charge >= 0.3 is 0 Å². The molecular formula is C15H16OS. The number of aliphatic hydroxyl groups excluding tert-OH is 1. The van der Waals surface area contributed by atoms with Gasteiger partial charge in [0.05, 0.1) is 6.10 Å². The van der Waals surface area contributed by atoms with Gasteiger partial charge in [-0.25, -0.2) is 0 Å². The molecule has 0 aliphatic heterocycles. The molecule has 1 aromatic heterocycles. The molecule has 1 aliphatic carbocycles. The minimum absolute atomic E-state index is 0.265. The van der Waals surface area contributed by atoms with Crippen LogP contribution in [0.25, 0.3) is 10.4 Å². The van der Waals surface area contributed by atoms with E-state index in [1.807, 2.05) is 17.4 Å². The van der Waals surface area contributed by atoms with Gasteiger partial charge in [0.15, 0.2) is 0 Å². The zero-order valence-corrected chi connectivity index (χ0v) is 10.9. The summed E-state index contributed by atoms with van der Waals surface area (Å²) in [5.41, 5.74) is 3.73. The second kappa shape index (κ2) is 3.97. The lowest BCUT2D eigenvalue weighted by molar-refractivity contribution is 0.132. The van der Waals surface area contributed by atoms with Gasteiger partial charge in [0.1, 0.15) is 0 Å². The molecular weight excluding hydrogens is 228 g/mol. The molecule has 2 aromatic rings. The first-order valence-corrected chi connectivity index (χ1v) is 6.85. The van der Waals surface area contributed by atoms with Crippen molar-refractivity contribution in [2.24, 2.45) is 5.92 Å². The van der Waals surface area contributed by atoms with Crippen LogP contribution in [0.5, 0.6) is 0 Å². The second-order valence-electron chi connectivity index (χ2n) is 4.89. The molecule has 88 valence electrons. The zero-order valence-electron chi connectivity index (χ0n) is 10.1. The van der Waals surface area contributed by atoms with Gasteiger partial charge in [0, 0.05) is 9.75 Å². The molecule has 0 radical (unpaired) electrons. The predicted molar refractivity (Wildman–Crippen MR) is 72.3 cm³/mol. The van der Waals surface area contributed by atoms with E-state index in [9.17, 15) is 5.11 Å². The predicted octanol–water partition coefficient (Wildman–Crippen LogP) is 3.95. The number of benzene rings is 1. The van der Waals surface area contributed by atoms with E-state index in [-0.39, 0.29) is 6.10 Å². The first-order chi connectivity index (χ1) is 8.18. The Morgan fingerprint density at radius 3 is 2.59 bits per heavy atom. The maximum absolute atomic E-state index is 10.2. The van der Waals surface area contributed by atoms with Gasteiger partial charge < -0.3 is 5.11 Å². The molecule has 0 bridgehead atoms. The molecule has 0 saturated carbocycles. The summed E-state index contributed by atoms with van der Waals surface area (Å²) in [5.74, 6) is 0.375. The van der Waals surface area contributed by atoms with E-state index in [4.69, 9.17) is 0 Å². The molecule has 1 nitrogen and oxygen atoms in total. The number of hydrogen-bond acceptors (Lipinski definition) is 2. The molecule has 2 unspecified atom stereocenters. The summed E-state index contributed by atoms with van der Waals surface area (Å²) in [6.07, 6.45) is 0.758. The van der Waals surface area contributed by atoms with Crippen LogP contribution in [0.1, 0.15) is 29.0 Å². The maximum atomic E-state index is 10.2. The Hall–Kier alpha value is -1.12. The average molecular weight is 244 g/mol. The van der Waals surface area contributed by atoms with Crippen molar-refractivity contribution in [1.29, 1.82) is 0 Å². The van der Waals surface area contributed by atoms with E-state index in [1.165, 1.54) is 26.4 Å². The topological polar surface area (TPSA) is 20.2 Å². The largest absolute Gasteiger partial charge is 0.388 e. The molecule has 1 heterocycles. The quantitative estimate of drug-likeness (QED) is 0.805. The fraction of sp³-hybridized carbons (Fsp3) is 0.333. The van der Waals surface area contributed by atoms with Crippen LogP contribution in [0.15, 0.2) is 30.3 Å². The lowest BCUT2D eigenvalue weighted by Crippen LogP contribution is -2.02. The van der Waals surface area contributed by atoms with Gasteiger partial charge in [0.2, 0.25) is 0 Å². The molecule has 2 heteroatoms. The van der Waals surface area contributed by atoms with Crippen LogP contribution in [-0.4, -0.2) is 5.11 Å². The highest BCUT2D eigenvalue weighted by molar-refractivity contribution is 7.16. The summed E-state index contributed by atoms with van der Waals surface area (Å²) in [5, 5.41) is 10.2. The van der Waals surface area contributed by atoms with Gasteiger partial charge in [-0.05, 0) is 36.0 Å². The van der Waals surface area contributed by atoms with E-state index in [0.29, 0.717) is 5.92 Å². The van der Waals surface area contributed by atoms with Gasteiger partial charge in [-0.3, -0.25) is 0 Å². The summed E-state index contributed by atoms with van der Waals surface area (Å²) in [4.78, 5) is 2.70. The maximum Gasteiger partial charge on any atom is 0.0832 e. The highest BCUT2D eigenvalue weighted by atomic mass is 32.1. The monoisotopic (exact) mass is 244 g/mol. The normalized spacial score (nSPS) is 22.8. The molecule has 0 spiro atoms. The lowest BCUT2D eigenvalue weighted by atomic mass is 10.0. The van der Waals surface area contributed by atoms with E-state index in [2.05, 4.69) is 38.1 Å². The lowest BCUT2D eigenvalue weighted by Gasteiger charge is -2.10. The molecule has 0 amide bonds. The van der Waals surface area contributed by atoms with Gasteiger partial charge in [0.25, 0.3) is 0 Å². The van der Waals surface area contributed by atoms with Crippen molar-refractivity contribution < 1.29 is 5.11 Å². The Balaban J connectivity index is 2.12. The summed E-state index contributed by atoms with van der Waals surface area (Å²) in [7, 11) is 0. The number of thiophene rings is 1. The Bertz CT molecular complexity index is 542. The summed E-state index contributed by atoms with van der Waals surface area (Å²) in [6.45, 7) is 4.26. The number of hydrogen-bond donors (Lipinski definition) is 1. The van der Waals surface area contributed by atoms with Crippen LogP contribution < -0.4 is 0 Å². The van der Waals surface area contributed by atoms with Crippen LogP contribution in [0.3, 0.4) is 0 Å². The first-order valence-electron chi connectivity index (χ1n) is 6.04. The molecule has 1 aromatic carbocycles. The fourth-order valence-electron chi connectivity index (χ4n) is 2.68. The average Bonchev–Trinajstić information content (AvgIpc) is 2.80. The third-order valence-corrected chi connectivity index (χ3v) is 5.03. The van der Waals surface area contributed by atoms with E-state index < -0.39 is 0 Å². The zero-order chi connectivity index (χ0) is 12.0. The van der Waals surface area contributed by atoms with Crippen LogP contribution in [0.2, 0.25) is 0 Å². The van der Waals surface area contributed by atoms with Crippen LogP contribution in [0, 0.1) is 12.8 Å². The van der Waals surface area contributed by atoms with Crippen LogP contribution in [0.4, 0.5) is 0 Å². The SMILES string of the molecule is Cc1c(-c2ccccc2)sc2c1C(O)C(C)C2. The Labute approximate surface area is 106 Å². The highest BCUT2D eigenvalue weighted by Crippen LogP contribution is 2.46. The Morgan fingerprint density at radius 1 is 1.24 bits per heavy atom. The van der Waals surface area contributed by atoms with Crippen LogP contribution in [-0.2, 0) is 6.42 Å². The van der Waals surface area contributed by atoms with Crippen molar-refractivity contribution in [2.75, 3.05) is 0 Å². The van der Waals surface area contributed by atoms with Gasteiger partial charge in [-0.15, -0.1) is 11.3 Å². The molecule has 3 rings (SSSR count). The van der Waals surface area contributed by atoms with Crippen molar-refractivity contribution in [1.82, 2.24) is 0 Å². The third-order valence-electron chi connectivity index (χ3n) is 3.65. The smallest absolute Gasteiger partial charge is 0.0832 e. The summed E-state index contributed by atoms with van der Waals surface area (Å²) in [6, 6.07) is 10.5. The van der Waals surface area contributed by atoms with E-state index in [0.717, 1.165) is 6.42 Å². The minimum Gasteiger partial charge on any atom is -0.388 e. The number of rotatable bonds is 1. The van der Waals surface area contributed by atoms with Crippen molar-refractivity contribution in [2.45, 2.75) is 26.4 Å². The number of aliphatic hydroxyl groups is 1. The molecule has 17 heavy (non-hydrogen) atoms. The van der Waals surface area contributed by atoms with Crippen molar-refractivity contribution in [3.63, 3.8) is 0 Å². The highest BCUT2D eigenvalue weighted by Gasteiger charge is 2.32. The van der Waals surface area contributed by atoms with Gasteiger partial charge in [-0.2, -0.15) is 0 Å².